The first-order chi connectivity index (χ1) is 8.88. The highest BCUT2D eigenvalue weighted by atomic mass is 16.4. The van der Waals surface area contributed by atoms with E-state index in [1.54, 1.807) is 6.92 Å². The third-order valence-electron chi connectivity index (χ3n) is 3.42. The van der Waals surface area contributed by atoms with Crippen LogP contribution in [0, 0.1) is 11.8 Å². The fraction of sp³-hybridized carbons (Fsp3) is 0.636. The number of piperazine rings is 1. The minimum Gasteiger partial charge on any atom is -0.481 e. The van der Waals surface area contributed by atoms with Gasteiger partial charge in [0.1, 0.15) is 13.1 Å². The standard InChI is InChI=1S/C11H15N3O5/c1-6-2-13(3-7(6)10(17)18)11(19)14-4-8(15)12-9(16)5-14/h6-7H,2-5H2,1H3,(H,17,18)(H,12,15,16). The Hall–Kier alpha value is -2.12. The summed E-state index contributed by atoms with van der Waals surface area (Å²) in [5.74, 6) is -2.72. The summed E-state index contributed by atoms with van der Waals surface area (Å²) in [5, 5.41) is 11.1. The van der Waals surface area contributed by atoms with E-state index in [1.807, 2.05) is 0 Å². The van der Waals surface area contributed by atoms with E-state index in [2.05, 4.69) is 5.32 Å². The van der Waals surface area contributed by atoms with Gasteiger partial charge in [0.15, 0.2) is 0 Å². The second-order valence-electron chi connectivity index (χ2n) is 4.94. The molecule has 2 atom stereocenters. The molecule has 2 unspecified atom stereocenters. The third kappa shape index (κ3) is 2.67. The first-order valence-corrected chi connectivity index (χ1v) is 5.98. The van der Waals surface area contributed by atoms with Crippen LogP contribution in [0.3, 0.4) is 0 Å². The van der Waals surface area contributed by atoms with Gasteiger partial charge >= 0.3 is 12.0 Å². The molecule has 2 fully saturated rings. The first-order valence-electron chi connectivity index (χ1n) is 5.98. The molecule has 8 nitrogen and oxygen atoms in total. The van der Waals surface area contributed by atoms with Gasteiger partial charge in [0.25, 0.3) is 0 Å². The van der Waals surface area contributed by atoms with Crippen molar-refractivity contribution in [3.63, 3.8) is 0 Å². The smallest absolute Gasteiger partial charge is 0.320 e. The van der Waals surface area contributed by atoms with Crippen LogP contribution in [-0.4, -0.2) is 64.9 Å². The third-order valence-corrected chi connectivity index (χ3v) is 3.42. The average molecular weight is 269 g/mol. The Kier molecular flexibility index (Phi) is 3.41. The van der Waals surface area contributed by atoms with Gasteiger partial charge in [-0.1, -0.05) is 6.92 Å². The maximum absolute atomic E-state index is 12.1. The zero-order valence-electron chi connectivity index (χ0n) is 10.5. The second kappa shape index (κ2) is 4.87. The summed E-state index contributed by atoms with van der Waals surface area (Å²) >= 11 is 0. The van der Waals surface area contributed by atoms with Crippen LogP contribution >= 0.6 is 0 Å². The zero-order valence-corrected chi connectivity index (χ0v) is 10.5. The average Bonchev–Trinajstić information content (AvgIpc) is 2.69. The van der Waals surface area contributed by atoms with Crippen molar-refractivity contribution in [2.24, 2.45) is 11.8 Å². The maximum Gasteiger partial charge on any atom is 0.320 e. The van der Waals surface area contributed by atoms with Gasteiger partial charge in [-0.25, -0.2) is 4.79 Å². The summed E-state index contributed by atoms with van der Waals surface area (Å²) in [6.07, 6.45) is 0. The van der Waals surface area contributed by atoms with Gasteiger partial charge in [0.2, 0.25) is 11.8 Å². The number of hydrogen-bond donors (Lipinski definition) is 2. The van der Waals surface area contributed by atoms with Crippen LogP contribution < -0.4 is 5.32 Å². The Labute approximate surface area is 109 Å². The molecular formula is C11H15N3O5. The summed E-state index contributed by atoms with van der Waals surface area (Å²) in [7, 11) is 0. The van der Waals surface area contributed by atoms with Crippen LogP contribution in [0.1, 0.15) is 6.92 Å². The lowest BCUT2D eigenvalue weighted by Crippen LogP contribution is -2.56. The fourth-order valence-corrected chi connectivity index (χ4v) is 2.42. The van der Waals surface area contributed by atoms with E-state index in [9.17, 15) is 19.2 Å². The number of urea groups is 1. The lowest BCUT2D eigenvalue weighted by Gasteiger charge is -2.29. The lowest BCUT2D eigenvalue weighted by molar-refractivity contribution is -0.142. The van der Waals surface area contributed by atoms with Crippen molar-refractivity contribution in [2.45, 2.75) is 6.92 Å². The number of imide groups is 1. The molecular weight excluding hydrogens is 254 g/mol. The van der Waals surface area contributed by atoms with Gasteiger partial charge in [-0.3, -0.25) is 19.7 Å². The van der Waals surface area contributed by atoms with Crippen molar-refractivity contribution in [1.29, 1.82) is 0 Å². The topological polar surface area (TPSA) is 107 Å². The molecule has 2 heterocycles. The van der Waals surface area contributed by atoms with Gasteiger partial charge in [-0.2, -0.15) is 0 Å². The number of likely N-dealkylation sites (tertiary alicyclic amines) is 1. The molecule has 4 amide bonds. The molecule has 0 saturated carbocycles. The zero-order chi connectivity index (χ0) is 14.2. The minimum absolute atomic E-state index is 0.113. The van der Waals surface area contributed by atoms with Gasteiger partial charge in [-0.05, 0) is 5.92 Å². The van der Waals surface area contributed by atoms with Gasteiger partial charge in [0, 0.05) is 13.1 Å². The summed E-state index contributed by atoms with van der Waals surface area (Å²) in [4.78, 5) is 48.0. The quantitative estimate of drug-likeness (QED) is 0.576. The number of rotatable bonds is 1. The number of carbonyl (C=O) groups is 4. The predicted molar refractivity (Wildman–Crippen MR) is 62.0 cm³/mol. The number of carbonyl (C=O) groups excluding carboxylic acids is 3. The van der Waals surface area contributed by atoms with Crippen molar-refractivity contribution >= 4 is 23.8 Å². The highest BCUT2D eigenvalue weighted by Crippen LogP contribution is 2.24. The Bertz CT molecular complexity index is 434. The number of carboxylic acids is 1. The van der Waals surface area contributed by atoms with Crippen molar-refractivity contribution < 1.29 is 24.3 Å². The molecule has 0 bridgehead atoms. The Morgan fingerprint density at radius 1 is 1.16 bits per heavy atom. The first kappa shape index (κ1) is 13.3. The molecule has 2 aliphatic heterocycles. The van der Waals surface area contributed by atoms with Gasteiger partial charge in [0.05, 0.1) is 5.92 Å². The molecule has 104 valence electrons. The largest absolute Gasteiger partial charge is 0.481 e. The predicted octanol–water partition coefficient (Wildman–Crippen LogP) is -1.28. The number of nitrogens with zero attached hydrogens (tertiary/aromatic N) is 2. The molecule has 0 spiro atoms. The molecule has 0 radical (unpaired) electrons. The minimum atomic E-state index is -0.935. The monoisotopic (exact) mass is 269 g/mol. The molecule has 8 heteroatoms. The van der Waals surface area contributed by atoms with E-state index >= 15 is 0 Å². The highest BCUT2D eigenvalue weighted by Gasteiger charge is 2.39. The molecule has 2 rings (SSSR count). The van der Waals surface area contributed by atoms with E-state index in [-0.39, 0.29) is 25.6 Å². The molecule has 0 aromatic carbocycles. The number of amides is 4. The molecule has 2 N–H and O–H groups in total. The van der Waals surface area contributed by atoms with E-state index in [1.165, 1.54) is 4.90 Å². The van der Waals surface area contributed by atoms with Crippen molar-refractivity contribution in [3.05, 3.63) is 0 Å². The molecule has 2 aliphatic rings. The lowest BCUT2D eigenvalue weighted by atomic mass is 9.99. The fourth-order valence-electron chi connectivity index (χ4n) is 2.42. The van der Waals surface area contributed by atoms with E-state index in [0.29, 0.717) is 6.54 Å². The summed E-state index contributed by atoms with van der Waals surface area (Å²) in [5.41, 5.74) is 0. The van der Waals surface area contributed by atoms with Crippen LogP contribution in [-0.2, 0) is 14.4 Å². The van der Waals surface area contributed by atoms with Crippen LogP contribution in [0.15, 0.2) is 0 Å². The number of hydrogen-bond acceptors (Lipinski definition) is 4. The van der Waals surface area contributed by atoms with Crippen molar-refractivity contribution in [3.8, 4) is 0 Å². The van der Waals surface area contributed by atoms with Gasteiger partial charge in [-0.15, -0.1) is 0 Å². The highest BCUT2D eigenvalue weighted by molar-refractivity contribution is 6.02. The Morgan fingerprint density at radius 3 is 2.21 bits per heavy atom. The SMILES string of the molecule is CC1CN(C(=O)N2CC(=O)NC(=O)C2)CC1C(=O)O. The Morgan fingerprint density at radius 2 is 1.74 bits per heavy atom. The van der Waals surface area contributed by atoms with E-state index < -0.39 is 29.7 Å². The molecule has 0 aromatic rings. The van der Waals surface area contributed by atoms with Crippen LogP contribution in [0.4, 0.5) is 4.79 Å². The molecule has 0 aliphatic carbocycles. The van der Waals surface area contributed by atoms with E-state index in [4.69, 9.17) is 5.11 Å². The van der Waals surface area contributed by atoms with Crippen molar-refractivity contribution in [1.82, 2.24) is 15.1 Å². The Balaban J connectivity index is 2.03. The van der Waals surface area contributed by atoms with E-state index in [0.717, 1.165) is 4.90 Å². The maximum atomic E-state index is 12.1. The summed E-state index contributed by atoms with van der Waals surface area (Å²) in [6, 6.07) is -0.459. The molecule has 2 saturated heterocycles. The normalized spacial score (nSPS) is 27.4. The van der Waals surface area contributed by atoms with Crippen molar-refractivity contribution in [2.75, 3.05) is 26.2 Å². The second-order valence-corrected chi connectivity index (χ2v) is 4.94. The van der Waals surface area contributed by atoms with Crippen LogP contribution in [0.25, 0.3) is 0 Å². The number of carboxylic acid groups (broad SMARTS) is 1. The van der Waals surface area contributed by atoms with Crippen LogP contribution in [0.5, 0.6) is 0 Å². The summed E-state index contributed by atoms with van der Waals surface area (Å²) in [6.45, 7) is 1.85. The van der Waals surface area contributed by atoms with Gasteiger partial charge < -0.3 is 14.9 Å². The van der Waals surface area contributed by atoms with Crippen LogP contribution in [0.2, 0.25) is 0 Å². The summed E-state index contributed by atoms with van der Waals surface area (Å²) < 4.78 is 0. The molecule has 0 aromatic heterocycles. The molecule has 19 heavy (non-hydrogen) atoms. The number of nitrogens with one attached hydrogen (secondary N) is 1. The number of aliphatic carboxylic acids is 1.